The van der Waals surface area contributed by atoms with Crippen molar-refractivity contribution in [2.24, 2.45) is 0 Å². The van der Waals surface area contributed by atoms with E-state index in [1.54, 1.807) is 0 Å². The lowest BCUT2D eigenvalue weighted by molar-refractivity contribution is 0.0951. The van der Waals surface area contributed by atoms with Gasteiger partial charge in [0.2, 0.25) is 0 Å². The van der Waals surface area contributed by atoms with Crippen molar-refractivity contribution in [2.75, 3.05) is 19.6 Å². The van der Waals surface area contributed by atoms with Gasteiger partial charge in [0, 0.05) is 41.1 Å². The molecule has 1 spiro atoms. The summed E-state index contributed by atoms with van der Waals surface area (Å²) < 4.78 is 1.28. The van der Waals surface area contributed by atoms with E-state index in [0.29, 0.717) is 5.54 Å². The molecule has 2 aliphatic rings. The smallest absolute Gasteiger partial charge is 0.0340 e. The van der Waals surface area contributed by atoms with Gasteiger partial charge in [-0.25, -0.2) is 0 Å². The van der Waals surface area contributed by atoms with E-state index in [2.05, 4.69) is 37.6 Å². The average Bonchev–Trinajstić information content (AvgIpc) is 2.76. The second-order valence-electron chi connectivity index (χ2n) is 5.67. The molecule has 1 aliphatic carbocycles. The first-order valence-electron chi connectivity index (χ1n) is 6.97. The molecule has 0 bridgehead atoms. The summed E-state index contributed by atoms with van der Waals surface area (Å²) in [6.45, 7) is 4.69. The van der Waals surface area contributed by atoms with Crippen LogP contribution in [0.3, 0.4) is 0 Å². The fourth-order valence-electron chi connectivity index (χ4n) is 3.38. The largest absolute Gasteiger partial charge is 0.309 e. The van der Waals surface area contributed by atoms with Crippen LogP contribution in [-0.4, -0.2) is 30.1 Å². The quantitative estimate of drug-likeness (QED) is 0.891. The molecule has 1 aromatic heterocycles. The first-order chi connectivity index (χ1) is 8.77. The molecule has 1 N–H and O–H groups in total. The van der Waals surface area contributed by atoms with Crippen LogP contribution in [0.25, 0.3) is 0 Å². The highest BCUT2D eigenvalue weighted by Crippen LogP contribution is 2.32. The maximum absolute atomic E-state index is 3.81. The maximum Gasteiger partial charge on any atom is 0.0340 e. The predicted octanol–water partition coefficient (Wildman–Crippen LogP) is 3.62. The zero-order chi connectivity index (χ0) is 12.4. The highest BCUT2D eigenvalue weighted by Gasteiger charge is 2.36. The summed E-state index contributed by atoms with van der Waals surface area (Å²) in [7, 11) is 0. The van der Waals surface area contributed by atoms with Crippen LogP contribution >= 0.6 is 27.3 Å². The van der Waals surface area contributed by atoms with Crippen LogP contribution in [0.5, 0.6) is 0 Å². The summed E-state index contributed by atoms with van der Waals surface area (Å²) in [5, 5.41) is 5.99. The van der Waals surface area contributed by atoms with E-state index in [1.807, 2.05) is 11.3 Å². The molecule has 2 nitrogen and oxygen atoms in total. The predicted molar refractivity (Wildman–Crippen MR) is 81.1 cm³/mol. The molecule has 2 heterocycles. The molecule has 3 rings (SSSR count). The van der Waals surface area contributed by atoms with Crippen molar-refractivity contribution in [1.82, 2.24) is 10.2 Å². The SMILES string of the molecule is Brc1ccsc1CN1CCNC2(CCCCC2)C1. The van der Waals surface area contributed by atoms with Gasteiger partial charge in [-0.1, -0.05) is 19.3 Å². The minimum absolute atomic E-state index is 0.431. The zero-order valence-electron chi connectivity index (χ0n) is 10.8. The van der Waals surface area contributed by atoms with Crippen LogP contribution in [0.15, 0.2) is 15.9 Å². The molecule has 18 heavy (non-hydrogen) atoms. The summed E-state index contributed by atoms with van der Waals surface area (Å²) in [5.41, 5.74) is 0.431. The lowest BCUT2D eigenvalue weighted by Gasteiger charge is -2.46. The molecular formula is C14H21BrN2S. The molecule has 1 aliphatic heterocycles. The Morgan fingerprint density at radius 3 is 2.89 bits per heavy atom. The third kappa shape index (κ3) is 2.82. The molecule has 0 atom stereocenters. The van der Waals surface area contributed by atoms with Crippen LogP contribution in [0.4, 0.5) is 0 Å². The molecule has 2 fully saturated rings. The number of nitrogens with one attached hydrogen (secondary N) is 1. The molecule has 0 radical (unpaired) electrons. The maximum atomic E-state index is 3.81. The number of hydrogen-bond acceptors (Lipinski definition) is 3. The molecule has 0 unspecified atom stereocenters. The Morgan fingerprint density at radius 1 is 1.33 bits per heavy atom. The summed E-state index contributed by atoms with van der Waals surface area (Å²) >= 11 is 5.52. The van der Waals surface area contributed by atoms with E-state index in [-0.39, 0.29) is 0 Å². The highest BCUT2D eigenvalue weighted by atomic mass is 79.9. The van der Waals surface area contributed by atoms with Crippen LogP contribution in [-0.2, 0) is 6.54 Å². The van der Waals surface area contributed by atoms with E-state index >= 15 is 0 Å². The van der Waals surface area contributed by atoms with Crippen LogP contribution in [0.1, 0.15) is 37.0 Å². The Balaban J connectivity index is 1.65. The second-order valence-corrected chi connectivity index (χ2v) is 7.53. The summed E-state index contributed by atoms with van der Waals surface area (Å²) in [6, 6.07) is 2.17. The molecule has 100 valence electrons. The zero-order valence-corrected chi connectivity index (χ0v) is 13.2. The topological polar surface area (TPSA) is 15.3 Å². The van der Waals surface area contributed by atoms with Gasteiger partial charge in [0.05, 0.1) is 0 Å². The molecular weight excluding hydrogens is 308 g/mol. The van der Waals surface area contributed by atoms with E-state index in [4.69, 9.17) is 0 Å². The van der Waals surface area contributed by atoms with E-state index in [0.717, 1.165) is 13.1 Å². The number of halogens is 1. The summed E-state index contributed by atoms with van der Waals surface area (Å²) in [4.78, 5) is 4.11. The number of piperazine rings is 1. The summed E-state index contributed by atoms with van der Waals surface area (Å²) in [6.07, 6.45) is 6.98. The molecule has 1 saturated carbocycles. The first-order valence-corrected chi connectivity index (χ1v) is 8.64. The number of rotatable bonds is 2. The van der Waals surface area contributed by atoms with Crippen molar-refractivity contribution in [3.05, 3.63) is 20.8 Å². The first kappa shape index (κ1) is 13.1. The standard InChI is InChI=1S/C14H21BrN2S/c15-12-4-9-18-13(12)10-17-8-7-16-14(11-17)5-2-1-3-6-14/h4,9,16H,1-3,5-8,10-11H2. The van der Waals surface area contributed by atoms with Gasteiger partial charge in [-0.15, -0.1) is 11.3 Å². The molecule has 0 aromatic carbocycles. The van der Waals surface area contributed by atoms with Crippen molar-refractivity contribution >= 4 is 27.3 Å². The van der Waals surface area contributed by atoms with Crippen LogP contribution in [0.2, 0.25) is 0 Å². The van der Waals surface area contributed by atoms with Crippen molar-refractivity contribution in [3.63, 3.8) is 0 Å². The van der Waals surface area contributed by atoms with E-state index < -0.39 is 0 Å². The minimum atomic E-state index is 0.431. The van der Waals surface area contributed by atoms with Gasteiger partial charge >= 0.3 is 0 Å². The second kappa shape index (κ2) is 5.61. The average molecular weight is 329 g/mol. The summed E-state index contributed by atoms with van der Waals surface area (Å²) in [5.74, 6) is 0. The molecule has 4 heteroatoms. The molecule has 1 aromatic rings. The molecule has 1 saturated heterocycles. The van der Waals surface area contributed by atoms with Crippen molar-refractivity contribution < 1.29 is 0 Å². The lowest BCUT2D eigenvalue weighted by Crippen LogP contribution is -2.60. The third-order valence-electron chi connectivity index (χ3n) is 4.32. The van der Waals surface area contributed by atoms with Crippen molar-refractivity contribution in [2.45, 2.75) is 44.2 Å². The van der Waals surface area contributed by atoms with E-state index in [1.165, 1.54) is 54.5 Å². The van der Waals surface area contributed by atoms with Gasteiger partial charge in [-0.05, 0) is 40.2 Å². The van der Waals surface area contributed by atoms with Gasteiger partial charge in [0.1, 0.15) is 0 Å². The fourth-order valence-corrected chi connectivity index (χ4v) is 4.90. The van der Waals surface area contributed by atoms with Crippen molar-refractivity contribution in [1.29, 1.82) is 0 Å². The van der Waals surface area contributed by atoms with Gasteiger partial charge in [-0.3, -0.25) is 4.90 Å². The monoisotopic (exact) mass is 328 g/mol. The number of nitrogens with zero attached hydrogens (tertiary/aromatic N) is 1. The number of thiophene rings is 1. The van der Waals surface area contributed by atoms with E-state index in [9.17, 15) is 0 Å². The molecule has 0 amide bonds. The van der Waals surface area contributed by atoms with Crippen LogP contribution in [0, 0.1) is 0 Å². The Morgan fingerprint density at radius 2 is 2.17 bits per heavy atom. The lowest BCUT2D eigenvalue weighted by atomic mass is 9.80. The number of hydrogen-bond donors (Lipinski definition) is 1. The van der Waals surface area contributed by atoms with Gasteiger partial charge in [0.15, 0.2) is 0 Å². The Bertz CT molecular complexity index is 393. The Labute approximate surface area is 122 Å². The Hall–Kier alpha value is 0.1000. The van der Waals surface area contributed by atoms with Gasteiger partial charge in [-0.2, -0.15) is 0 Å². The third-order valence-corrected chi connectivity index (χ3v) is 6.23. The highest BCUT2D eigenvalue weighted by molar-refractivity contribution is 9.10. The normalized spacial score (nSPS) is 24.5. The minimum Gasteiger partial charge on any atom is -0.309 e. The Kier molecular flexibility index (Phi) is 4.09. The van der Waals surface area contributed by atoms with Crippen LogP contribution < -0.4 is 5.32 Å². The van der Waals surface area contributed by atoms with Gasteiger partial charge in [0.25, 0.3) is 0 Å². The van der Waals surface area contributed by atoms with Crippen molar-refractivity contribution in [3.8, 4) is 0 Å². The van der Waals surface area contributed by atoms with Gasteiger partial charge < -0.3 is 5.32 Å². The fraction of sp³-hybridized carbons (Fsp3) is 0.714.